The van der Waals surface area contributed by atoms with E-state index in [0.29, 0.717) is 0 Å². The van der Waals surface area contributed by atoms with E-state index in [4.69, 9.17) is 5.10 Å². The smallest absolute Gasteiger partial charge is 0.240 e. The summed E-state index contributed by atoms with van der Waals surface area (Å²) in [6.07, 6.45) is 2.09. The van der Waals surface area contributed by atoms with Crippen LogP contribution in [0.2, 0.25) is 0 Å². The highest BCUT2D eigenvalue weighted by Crippen LogP contribution is 2.36. The van der Waals surface area contributed by atoms with Crippen LogP contribution in [0.5, 0.6) is 0 Å². The first kappa shape index (κ1) is 21.6. The molecule has 5 heteroatoms. The van der Waals surface area contributed by atoms with Crippen LogP contribution in [0.4, 0.5) is 0 Å². The predicted octanol–water partition coefficient (Wildman–Crippen LogP) is 7.98. The Morgan fingerprint density at radius 3 is 1.85 bits per heavy atom. The Labute approximate surface area is 224 Å². The molecule has 0 spiro atoms. The van der Waals surface area contributed by atoms with E-state index in [1.54, 1.807) is 0 Å². The van der Waals surface area contributed by atoms with Gasteiger partial charge in [-0.15, -0.1) is 10.2 Å². The number of hydrogen-bond donors (Lipinski definition) is 0. The molecular formula is C34H23N5. The van der Waals surface area contributed by atoms with E-state index >= 15 is 0 Å². The van der Waals surface area contributed by atoms with Crippen molar-refractivity contribution in [2.45, 2.75) is 0 Å². The fourth-order valence-electron chi connectivity index (χ4n) is 5.65. The van der Waals surface area contributed by atoms with Crippen LogP contribution in [-0.2, 0) is 0 Å². The molecule has 5 aromatic carbocycles. The Hall–Kier alpha value is -5.42. The molecule has 0 unspecified atom stereocenters. The van der Waals surface area contributed by atoms with Crippen LogP contribution < -0.4 is 0 Å². The second-order valence-electron chi connectivity index (χ2n) is 9.66. The van der Waals surface area contributed by atoms with Crippen LogP contribution >= 0.6 is 0 Å². The third kappa shape index (κ3) is 3.33. The first-order chi connectivity index (χ1) is 19.4. The average molecular weight is 502 g/mol. The number of hydrogen-bond acceptors (Lipinski definition) is 2. The Balaban J connectivity index is 1.41. The first-order valence-electron chi connectivity index (χ1n) is 13.0. The number of para-hydroxylation sites is 3. The Kier molecular flexibility index (Phi) is 4.76. The quantitative estimate of drug-likeness (QED) is 0.245. The summed E-state index contributed by atoms with van der Waals surface area (Å²) in [7, 11) is 0. The van der Waals surface area contributed by atoms with Crippen molar-refractivity contribution in [3.63, 3.8) is 0 Å². The summed E-state index contributed by atoms with van der Waals surface area (Å²) in [5.74, 6) is 1.56. The topological polar surface area (TPSA) is 40.6 Å². The van der Waals surface area contributed by atoms with Crippen LogP contribution in [0, 0.1) is 0 Å². The lowest BCUT2D eigenvalue weighted by Crippen LogP contribution is -2.05. The summed E-state index contributed by atoms with van der Waals surface area (Å²) in [6, 6.07) is 46.4. The number of nitrogens with zero attached hydrogens (tertiary/aromatic N) is 5. The van der Waals surface area contributed by atoms with Gasteiger partial charge >= 0.3 is 0 Å². The van der Waals surface area contributed by atoms with Crippen molar-refractivity contribution in [3.8, 4) is 28.7 Å². The van der Waals surface area contributed by atoms with E-state index in [0.717, 1.165) is 39.6 Å². The third-order valence-electron chi connectivity index (χ3n) is 7.41. The van der Waals surface area contributed by atoms with Crippen molar-refractivity contribution < 1.29 is 0 Å². The lowest BCUT2D eigenvalue weighted by molar-refractivity contribution is 0.913. The zero-order valence-electron chi connectivity index (χ0n) is 21.0. The molecule has 5 nitrogen and oxygen atoms in total. The van der Waals surface area contributed by atoms with Crippen molar-refractivity contribution in [3.05, 3.63) is 140 Å². The molecule has 0 aliphatic carbocycles. The molecule has 39 heavy (non-hydrogen) atoms. The van der Waals surface area contributed by atoms with Crippen LogP contribution in [-0.4, -0.2) is 23.9 Å². The zero-order valence-corrected chi connectivity index (χ0v) is 21.0. The molecular weight excluding hydrogens is 478 g/mol. The third-order valence-corrected chi connectivity index (χ3v) is 7.41. The van der Waals surface area contributed by atoms with Gasteiger partial charge in [0.05, 0.1) is 22.2 Å². The average Bonchev–Trinajstić information content (AvgIpc) is 3.71. The standard InChI is InChI=1S/C34H23N5/c1-4-12-24(13-5-1)33-35-36-34(39(33)27-16-8-3-9-17-27)37-21-20-25-22-32-29(23-31(25)37)28-18-10-11-19-30(28)38(32)26-14-6-2-7-15-26/h1-23H. The molecule has 0 N–H and O–H groups in total. The maximum Gasteiger partial charge on any atom is 0.240 e. The number of rotatable bonds is 4. The maximum atomic E-state index is 4.73. The zero-order chi connectivity index (χ0) is 25.8. The first-order valence-corrected chi connectivity index (χ1v) is 13.0. The fourth-order valence-corrected chi connectivity index (χ4v) is 5.65. The Morgan fingerprint density at radius 2 is 1.10 bits per heavy atom. The lowest BCUT2D eigenvalue weighted by atomic mass is 10.1. The van der Waals surface area contributed by atoms with Gasteiger partial charge in [0, 0.05) is 33.6 Å². The van der Waals surface area contributed by atoms with E-state index < -0.39 is 0 Å². The second kappa shape index (κ2) is 8.57. The van der Waals surface area contributed by atoms with Crippen LogP contribution in [0.25, 0.3) is 61.4 Å². The summed E-state index contributed by atoms with van der Waals surface area (Å²) in [4.78, 5) is 0. The van der Waals surface area contributed by atoms with Crippen molar-refractivity contribution in [1.29, 1.82) is 0 Å². The number of aromatic nitrogens is 5. The molecule has 0 atom stereocenters. The van der Waals surface area contributed by atoms with Gasteiger partial charge in [-0.3, -0.25) is 9.13 Å². The van der Waals surface area contributed by atoms with E-state index in [9.17, 15) is 0 Å². The molecule has 0 amide bonds. The Bertz CT molecular complexity index is 2100. The molecule has 0 aliphatic rings. The minimum atomic E-state index is 0.751. The van der Waals surface area contributed by atoms with Crippen molar-refractivity contribution in [2.75, 3.05) is 0 Å². The molecule has 8 rings (SSSR count). The van der Waals surface area contributed by atoms with Gasteiger partial charge in [0.1, 0.15) is 0 Å². The molecule has 0 aliphatic heterocycles. The van der Waals surface area contributed by atoms with Gasteiger partial charge in [0.2, 0.25) is 5.95 Å². The minimum Gasteiger partial charge on any atom is -0.309 e. The summed E-state index contributed by atoms with van der Waals surface area (Å²) in [6.45, 7) is 0. The normalized spacial score (nSPS) is 11.6. The van der Waals surface area contributed by atoms with Crippen LogP contribution in [0.1, 0.15) is 0 Å². The van der Waals surface area contributed by atoms with Crippen molar-refractivity contribution >= 4 is 32.7 Å². The highest BCUT2D eigenvalue weighted by Gasteiger charge is 2.20. The SMILES string of the molecule is c1ccc(-c2nnc(-n3ccc4cc5c(cc43)c3ccccc3n5-c3ccccc3)n2-c2ccccc2)cc1. The predicted molar refractivity (Wildman–Crippen MR) is 158 cm³/mol. The molecule has 0 saturated heterocycles. The van der Waals surface area contributed by atoms with Gasteiger partial charge in [-0.2, -0.15) is 0 Å². The number of fused-ring (bicyclic) bond motifs is 4. The summed E-state index contributed by atoms with van der Waals surface area (Å²) >= 11 is 0. The van der Waals surface area contributed by atoms with Gasteiger partial charge in [0.25, 0.3) is 0 Å². The second-order valence-corrected chi connectivity index (χ2v) is 9.66. The number of benzene rings is 5. The van der Waals surface area contributed by atoms with Gasteiger partial charge in [-0.05, 0) is 48.5 Å². The molecule has 0 bridgehead atoms. The van der Waals surface area contributed by atoms with Gasteiger partial charge in [0.15, 0.2) is 5.82 Å². The molecule has 3 aromatic heterocycles. The monoisotopic (exact) mass is 501 g/mol. The summed E-state index contributed by atoms with van der Waals surface area (Å²) in [5, 5.41) is 13.0. The van der Waals surface area contributed by atoms with Crippen LogP contribution in [0.15, 0.2) is 140 Å². The summed E-state index contributed by atoms with van der Waals surface area (Å²) < 4.78 is 6.63. The summed E-state index contributed by atoms with van der Waals surface area (Å²) in [5.41, 5.74) is 6.64. The molecule has 8 aromatic rings. The van der Waals surface area contributed by atoms with Gasteiger partial charge in [-0.1, -0.05) is 84.9 Å². The molecule has 184 valence electrons. The highest BCUT2D eigenvalue weighted by molar-refractivity contribution is 6.13. The van der Waals surface area contributed by atoms with E-state index in [1.807, 2.05) is 36.4 Å². The molecule has 3 heterocycles. The van der Waals surface area contributed by atoms with E-state index in [2.05, 4.69) is 122 Å². The Morgan fingerprint density at radius 1 is 0.462 bits per heavy atom. The molecule has 0 radical (unpaired) electrons. The van der Waals surface area contributed by atoms with Crippen molar-refractivity contribution in [2.24, 2.45) is 0 Å². The maximum absolute atomic E-state index is 4.73. The van der Waals surface area contributed by atoms with Crippen molar-refractivity contribution in [1.82, 2.24) is 23.9 Å². The van der Waals surface area contributed by atoms with Gasteiger partial charge in [-0.25, -0.2) is 0 Å². The largest absolute Gasteiger partial charge is 0.309 e. The minimum absolute atomic E-state index is 0.751. The van der Waals surface area contributed by atoms with Crippen LogP contribution in [0.3, 0.4) is 0 Å². The van der Waals surface area contributed by atoms with E-state index in [-0.39, 0.29) is 0 Å². The molecule has 0 saturated carbocycles. The molecule has 0 fully saturated rings. The highest BCUT2D eigenvalue weighted by atomic mass is 15.4. The van der Waals surface area contributed by atoms with Gasteiger partial charge < -0.3 is 4.57 Å². The lowest BCUT2D eigenvalue weighted by Gasteiger charge is -2.12. The fraction of sp³-hybridized carbons (Fsp3) is 0. The van der Waals surface area contributed by atoms with E-state index in [1.165, 1.54) is 21.8 Å².